The van der Waals surface area contributed by atoms with Crippen LogP contribution in [0.3, 0.4) is 0 Å². The van der Waals surface area contributed by atoms with Crippen LogP contribution in [0.2, 0.25) is 5.02 Å². The van der Waals surface area contributed by atoms with Crippen LogP contribution >= 0.6 is 11.6 Å². The van der Waals surface area contributed by atoms with Gasteiger partial charge in [0.2, 0.25) is 0 Å². The van der Waals surface area contributed by atoms with Gasteiger partial charge in [0, 0.05) is 38.6 Å². The van der Waals surface area contributed by atoms with Crippen LogP contribution in [0.25, 0.3) is 0 Å². The second-order valence-electron chi connectivity index (χ2n) is 6.11. The fourth-order valence-electron chi connectivity index (χ4n) is 2.83. The lowest BCUT2D eigenvalue weighted by Crippen LogP contribution is -2.47. The summed E-state index contributed by atoms with van der Waals surface area (Å²) in [5, 5.41) is 0.648. The van der Waals surface area contributed by atoms with Crippen molar-refractivity contribution in [2.75, 3.05) is 36.0 Å². The van der Waals surface area contributed by atoms with E-state index >= 15 is 0 Å². The van der Waals surface area contributed by atoms with Gasteiger partial charge in [-0.25, -0.2) is 14.8 Å². The summed E-state index contributed by atoms with van der Waals surface area (Å²) in [4.78, 5) is 25.3. The molecule has 0 atom stereocenters. The third-order valence-electron chi connectivity index (χ3n) is 3.97. The molecule has 0 aliphatic carbocycles. The van der Waals surface area contributed by atoms with Gasteiger partial charge in [-0.05, 0) is 38.1 Å². The first-order valence-electron chi connectivity index (χ1n) is 8.32. The molecule has 1 aliphatic rings. The molecule has 0 aromatic carbocycles. The number of rotatable bonds is 4. The van der Waals surface area contributed by atoms with E-state index in [1.807, 2.05) is 26.0 Å². The van der Waals surface area contributed by atoms with Crippen molar-refractivity contribution in [3.05, 3.63) is 47.2 Å². The molecule has 2 aromatic heterocycles. The van der Waals surface area contributed by atoms with Gasteiger partial charge in [-0.2, -0.15) is 0 Å². The van der Waals surface area contributed by atoms with Crippen LogP contribution in [0.5, 0.6) is 0 Å². The van der Waals surface area contributed by atoms with Gasteiger partial charge in [0.1, 0.15) is 17.2 Å². The Kier molecular flexibility index (Phi) is 5.38. The Hall–Kier alpha value is -2.34. The summed E-state index contributed by atoms with van der Waals surface area (Å²) in [5.74, 6) is 1.12. The fourth-order valence-corrected chi connectivity index (χ4v) is 3.07. The number of hydrogen-bond acceptors (Lipinski definition) is 6. The van der Waals surface area contributed by atoms with Crippen LogP contribution in [-0.4, -0.2) is 48.2 Å². The van der Waals surface area contributed by atoms with Crippen molar-refractivity contribution in [2.24, 2.45) is 0 Å². The molecular formula is C18H21ClN4O2. The van der Waals surface area contributed by atoms with Gasteiger partial charge in [0.05, 0.1) is 11.1 Å². The molecule has 2 aromatic rings. The smallest absolute Gasteiger partial charge is 0.342 e. The molecule has 25 heavy (non-hydrogen) atoms. The predicted molar refractivity (Wildman–Crippen MR) is 98.5 cm³/mol. The zero-order chi connectivity index (χ0) is 17.8. The van der Waals surface area contributed by atoms with Gasteiger partial charge in [0.15, 0.2) is 0 Å². The lowest BCUT2D eigenvalue weighted by molar-refractivity contribution is 0.0378. The monoisotopic (exact) mass is 360 g/mol. The average molecular weight is 361 g/mol. The standard InChI is InChI=1S/C18H21ClN4O2/c1-13(2)25-18(24)14-5-3-7-20-16(14)22-9-11-23(12-10-22)17-15(19)6-4-8-21-17/h3-8,13H,9-12H2,1-2H3. The van der Waals surface area contributed by atoms with E-state index in [4.69, 9.17) is 16.3 Å². The fraction of sp³-hybridized carbons (Fsp3) is 0.389. The number of nitrogens with zero attached hydrogens (tertiary/aromatic N) is 4. The van der Waals surface area contributed by atoms with E-state index in [0.29, 0.717) is 16.4 Å². The molecule has 7 heteroatoms. The number of pyridine rings is 2. The number of piperazine rings is 1. The second-order valence-corrected chi connectivity index (χ2v) is 6.52. The summed E-state index contributed by atoms with van der Waals surface area (Å²) in [6.07, 6.45) is 3.28. The van der Waals surface area contributed by atoms with Gasteiger partial charge >= 0.3 is 5.97 Å². The zero-order valence-corrected chi connectivity index (χ0v) is 15.1. The lowest BCUT2D eigenvalue weighted by atomic mass is 10.2. The first kappa shape index (κ1) is 17.5. The highest BCUT2D eigenvalue weighted by Gasteiger charge is 2.24. The zero-order valence-electron chi connectivity index (χ0n) is 14.4. The van der Waals surface area contributed by atoms with E-state index < -0.39 is 0 Å². The SMILES string of the molecule is CC(C)OC(=O)c1cccnc1N1CCN(c2ncccc2Cl)CC1. The van der Waals surface area contributed by atoms with Crippen molar-refractivity contribution < 1.29 is 9.53 Å². The number of anilines is 2. The van der Waals surface area contributed by atoms with Crippen LogP contribution in [0.15, 0.2) is 36.7 Å². The maximum atomic E-state index is 12.3. The van der Waals surface area contributed by atoms with Crippen molar-refractivity contribution in [1.82, 2.24) is 9.97 Å². The normalized spacial score (nSPS) is 14.7. The number of aromatic nitrogens is 2. The van der Waals surface area contributed by atoms with Crippen LogP contribution in [-0.2, 0) is 4.74 Å². The number of carbonyl (C=O) groups excluding carboxylic acids is 1. The molecule has 0 N–H and O–H groups in total. The minimum Gasteiger partial charge on any atom is -0.459 e. The summed E-state index contributed by atoms with van der Waals surface area (Å²) < 4.78 is 5.33. The number of carbonyl (C=O) groups is 1. The van der Waals surface area contributed by atoms with Crippen LogP contribution in [0, 0.1) is 0 Å². The molecule has 6 nitrogen and oxygen atoms in total. The Labute approximate surface area is 152 Å². The molecule has 1 aliphatic heterocycles. The van der Waals surface area contributed by atoms with Crippen molar-refractivity contribution in [2.45, 2.75) is 20.0 Å². The lowest BCUT2D eigenvalue weighted by Gasteiger charge is -2.36. The number of esters is 1. The predicted octanol–water partition coefficient (Wildman–Crippen LogP) is 3.02. The molecule has 3 rings (SSSR count). The summed E-state index contributed by atoms with van der Waals surface area (Å²) in [6.45, 7) is 6.64. The van der Waals surface area contributed by atoms with Gasteiger partial charge in [0.25, 0.3) is 0 Å². The van der Waals surface area contributed by atoms with E-state index in [-0.39, 0.29) is 12.1 Å². The summed E-state index contributed by atoms with van der Waals surface area (Å²) in [6, 6.07) is 7.18. The minimum atomic E-state index is -0.340. The molecule has 0 saturated carbocycles. The van der Waals surface area contributed by atoms with Crippen molar-refractivity contribution >= 4 is 29.2 Å². The third-order valence-corrected chi connectivity index (χ3v) is 4.26. The number of halogens is 1. The van der Waals surface area contributed by atoms with Crippen molar-refractivity contribution in [3.8, 4) is 0 Å². The molecule has 0 amide bonds. The highest BCUT2D eigenvalue weighted by Crippen LogP contribution is 2.25. The van der Waals surface area contributed by atoms with E-state index in [1.165, 1.54) is 0 Å². The van der Waals surface area contributed by atoms with Gasteiger partial charge < -0.3 is 14.5 Å². The molecule has 0 bridgehead atoms. The average Bonchev–Trinajstić information content (AvgIpc) is 2.62. The first-order valence-corrected chi connectivity index (χ1v) is 8.70. The largest absolute Gasteiger partial charge is 0.459 e. The van der Waals surface area contributed by atoms with Gasteiger partial charge in [-0.15, -0.1) is 0 Å². The van der Waals surface area contributed by atoms with E-state index in [9.17, 15) is 4.79 Å². The molecule has 1 saturated heterocycles. The van der Waals surface area contributed by atoms with E-state index in [1.54, 1.807) is 24.5 Å². The van der Waals surface area contributed by atoms with Crippen molar-refractivity contribution in [3.63, 3.8) is 0 Å². The van der Waals surface area contributed by atoms with Crippen molar-refractivity contribution in [1.29, 1.82) is 0 Å². The Morgan fingerprint density at radius 2 is 1.60 bits per heavy atom. The highest BCUT2D eigenvalue weighted by atomic mass is 35.5. The summed E-state index contributed by atoms with van der Waals surface area (Å²) in [7, 11) is 0. The first-order chi connectivity index (χ1) is 12.1. The Morgan fingerprint density at radius 1 is 1.04 bits per heavy atom. The van der Waals surface area contributed by atoms with E-state index in [2.05, 4.69) is 19.8 Å². The highest BCUT2D eigenvalue weighted by molar-refractivity contribution is 6.32. The molecule has 0 spiro atoms. The van der Waals surface area contributed by atoms with E-state index in [0.717, 1.165) is 32.0 Å². The minimum absolute atomic E-state index is 0.163. The Bertz CT molecular complexity index is 745. The molecule has 0 radical (unpaired) electrons. The second kappa shape index (κ2) is 7.70. The van der Waals surface area contributed by atoms with Crippen LogP contribution in [0.1, 0.15) is 24.2 Å². The third kappa shape index (κ3) is 4.02. The molecule has 0 unspecified atom stereocenters. The molecule has 132 valence electrons. The quantitative estimate of drug-likeness (QED) is 0.781. The maximum Gasteiger partial charge on any atom is 0.342 e. The molecule has 1 fully saturated rings. The molecular weight excluding hydrogens is 340 g/mol. The van der Waals surface area contributed by atoms with Crippen LogP contribution < -0.4 is 9.80 Å². The van der Waals surface area contributed by atoms with Gasteiger partial charge in [-0.1, -0.05) is 11.6 Å². The summed E-state index contributed by atoms with van der Waals surface area (Å²) in [5.41, 5.74) is 0.500. The number of hydrogen-bond donors (Lipinski definition) is 0. The topological polar surface area (TPSA) is 58.6 Å². The molecule has 3 heterocycles. The number of ether oxygens (including phenoxy) is 1. The summed E-state index contributed by atoms with van der Waals surface area (Å²) >= 11 is 6.23. The van der Waals surface area contributed by atoms with Crippen LogP contribution in [0.4, 0.5) is 11.6 Å². The maximum absolute atomic E-state index is 12.3. The Balaban J connectivity index is 1.73. The Morgan fingerprint density at radius 3 is 2.20 bits per heavy atom. The van der Waals surface area contributed by atoms with Gasteiger partial charge in [-0.3, -0.25) is 0 Å².